The van der Waals surface area contributed by atoms with Crippen molar-refractivity contribution in [1.29, 1.82) is 0 Å². The third kappa shape index (κ3) is 3.78. The molecule has 1 aliphatic heterocycles. The van der Waals surface area contributed by atoms with Crippen molar-refractivity contribution in [2.75, 3.05) is 18.1 Å². The number of hydrogen-bond acceptors (Lipinski definition) is 4. The van der Waals surface area contributed by atoms with Crippen molar-refractivity contribution in [3.8, 4) is 5.75 Å². The van der Waals surface area contributed by atoms with Crippen molar-refractivity contribution in [3.63, 3.8) is 0 Å². The summed E-state index contributed by atoms with van der Waals surface area (Å²) in [6, 6.07) is 3.36. The van der Waals surface area contributed by atoms with Gasteiger partial charge in [0.15, 0.2) is 5.82 Å². The first-order valence-corrected chi connectivity index (χ1v) is 9.15. The average Bonchev–Trinajstić information content (AvgIpc) is 2.57. The molecule has 0 unspecified atom stereocenters. The molecule has 1 saturated carbocycles. The highest BCUT2D eigenvalue weighted by molar-refractivity contribution is 5.56. The first-order valence-electron chi connectivity index (χ1n) is 9.15. The van der Waals surface area contributed by atoms with Gasteiger partial charge in [0.05, 0.1) is 5.69 Å². The van der Waals surface area contributed by atoms with Crippen LogP contribution in [-0.2, 0) is 0 Å². The van der Waals surface area contributed by atoms with Gasteiger partial charge in [-0.05, 0) is 45.7 Å². The highest BCUT2D eigenvalue weighted by atomic mass is 19.3. The summed E-state index contributed by atoms with van der Waals surface area (Å²) in [6.45, 7) is 4.79. The van der Waals surface area contributed by atoms with Crippen molar-refractivity contribution < 1.29 is 23.0 Å². The Balaban J connectivity index is 1.93. The second-order valence-corrected chi connectivity index (χ2v) is 8.03. The van der Waals surface area contributed by atoms with Crippen LogP contribution in [0.3, 0.4) is 0 Å². The van der Waals surface area contributed by atoms with E-state index in [9.17, 15) is 8.78 Å². The lowest BCUT2D eigenvalue weighted by Gasteiger charge is -2.52. The maximum atomic E-state index is 15.1. The number of hydrogen-bond donors (Lipinski definition) is 2. The quantitative estimate of drug-likeness (QED) is 0.848. The van der Waals surface area contributed by atoms with E-state index in [0.29, 0.717) is 18.3 Å². The summed E-state index contributed by atoms with van der Waals surface area (Å²) in [6.07, 6.45) is 0.555. The van der Waals surface area contributed by atoms with Crippen LogP contribution in [0.5, 0.6) is 5.75 Å². The number of anilines is 1. The number of piperazine rings is 1. The molecule has 2 aliphatic rings. The van der Waals surface area contributed by atoms with Gasteiger partial charge in [0.1, 0.15) is 12.4 Å². The Morgan fingerprint density at radius 2 is 2.00 bits per heavy atom. The number of alkyl halides is 2. The number of rotatable bonds is 4. The van der Waals surface area contributed by atoms with Crippen LogP contribution >= 0.6 is 0 Å². The maximum Gasteiger partial charge on any atom is 0.421 e. The van der Waals surface area contributed by atoms with Gasteiger partial charge in [-0.3, -0.25) is 0 Å². The van der Waals surface area contributed by atoms with E-state index in [0.717, 1.165) is 25.7 Å². The summed E-state index contributed by atoms with van der Waals surface area (Å²) in [5, 5.41) is 12.3. The smallest absolute Gasteiger partial charge is 0.421 e. The van der Waals surface area contributed by atoms with Crippen LogP contribution in [0.15, 0.2) is 12.1 Å². The number of nitrogens with zero attached hydrogens (tertiary/aromatic N) is 1. The second-order valence-electron chi connectivity index (χ2n) is 8.03. The van der Waals surface area contributed by atoms with Crippen molar-refractivity contribution in [1.82, 2.24) is 5.32 Å². The number of ether oxygens (including phenoxy) is 1. The molecule has 4 nitrogen and oxygen atoms in total. The van der Waals surface area contributed by atoms with Crippen molar-refractivity contribution in [2.24, 2.45) is 0 Å². The van der Waals surface area contributed by atoms with E-state index in [1.807, 2.05) is 0 Å². The molecule has 2 atom stereocenters. The number of benzene rings is 1. The van der Waals surface area contributed by atoms with Gasteiger partial charge >= 0.3 is 6.11 Å². The number of halogens is 3. The minimum Gasteiger partial charge on any atom is -0.430 e. The zero-order valence-corrected chi connectivity index (χ0v) is 15.5. The molecular weight excluding hydrogens is 345 g/mol. The van der Waals surface area contributed by atoms with Crippen LogP contribution in [-0.4, -0.2) is 42.0 Å². The molecule has 2 fully saturated rings. The fraction of sp³-hybridized carbons (Fsp3) is 0.684. The standard InChI is InChI=1S/C19H27F3N2O2/c1-12-16(26-19(21,22)11-25)9-8-15(17(12)20)24-10-18(2,3)23-13-6-4-5-7-14(13)24/h8-9,13-14,23,25H,4-7,10-11H2,1-3H3/t13-,14+/m1/s1. The fourth-order valence-electron chi connectivity index (χ4n) is 4.19. The highest BCUT2D eigenvalue weighted by Crippen LogP contribution is 2.38. The Hall–Kier alpha value is -1.47. The Morgan fingerprint density at radius 3 is 2.69 bits per heavy atom. The monoisotopic (exact) mass is 372 g/mol. The van der Waals surface area contributed by atoms with Gasteiger partial charge in [-0.25, -0.2) is 4.39 Å². The number of nitrogens with one attached hydrogen (secondary N) is 1. The van der Waals surface area contributed by atoms with Crippen LogP contribution in [0.1, 0.15) is 45.1 Å². The minimum atomic E-state index is -3.73. The minimum absolute atomic E-state index is 0.0272. The summed E-state index contributed by atoms with van der Waals surface area (Å²) < 4.78 is 46.2. The van der Waals surface area contributed by atoms with E-state index < -0.39 is 18.5 Å². The normalized spacial score (nSPS) is 25.7. The molecule has 7 heteroatoms. The summed E-state index contributed by atoms with van der Waals surface area (Å²) in [5.41, 5.74) is 0.283. The van der Waals surface area contributed by atoms with E-state index in [1.54, 1.807) is 0 Å². The van der Waals surface area contributed by atoms with E-state index in [1.165, 1.54) is 19.1 Å². The summed E-state index contributed by atoms with van der Waals surface area (Å²) in [4.78, 5) is 2.08. The largest absolute Gasteiger partial charge is 0.430 e. The summed E-state index contributed by atoms with van der Waals surface area (Å²) in [5.74, 6) is -0.793. The predicted octanol–water partition coefficient (Wildman–Crippen LogP) is 3.60. The fourth-order valence-corrected chi connectivity index (χ4v) is 4.19. The Morgan fingerprint density at radius 1 is 1.31 bits per heavy atom. The van der Waals surface area contributed by atoms with Gasteiger partial charge in [-0.1, -0.05) is 12.8 Å². The van der Waals surface area contributed by atoms with E-state index in [2.05, 4.69) is 28.8 Å². The number of aliphatic hydroxyl groups is 1. The molecule has 1 aliphatic carbocycles. The molecule has 0 amide bonds. The maximum absolute atomic E-state index is 15.1. The molecule has 1 saturated heterocycles. The number of fused-ring (bicyclic) bond motifs is 1. The van der Waals surface area contributed by atoms with Gasteiger partial charge in [-0.2, -0.15) is 8.78 Å². The van der Waals surface area contributed by atoms with E-state index in [-0.39, 0.29) is 22.9 Å². The topological polar surface area (TPSA) is 44.7 Å². The summed E-state index contributed by atoms with van der Waals surface area (Å²) in [7, 11) is 0. The van der Waals surface area contributed by atoms with Crippen molar-refractivity contribution in [2.45, 2.75) is 70.2 Å². The van der Waals surface area contributed by atoms with Gasteiger partial charge in [0, 0.05) is 29.7 Å². The van der Waals surface area contributed by atoms with E-state index >= 15 is 4.39 Å². The molecule has 1 heterocycles. The third-order valence-electron chi connectivity index (χ3n) is 5.34. The van der Waals surface area contributed by atoms with Gasteiger partial charge in [0.25, 0.3) is 0 Å². The van der Waals surface area contributed by atoms with Gasteiger partial charge in [-0.15, -0.1) is 0 Å². The van der Waals surface area contributed by atoms with Gasteiger partial charge < -0.3 is 20.1 Å². The van der Waals surface area contributed by atoms with Gasteiger partial charge in [0.2, 0.25) is 0 Å². The molecule has 0 aromatic heterocycles. The molecule has 26 heavy (non-hydrogen) atoms. The molecule has 0 spiro atoms. The Bertz CT molecular complexity index is 666. The van der Waals surface area contributed by atoms with Crippen LogP contribution in [0, 0.1) is 12.7 Å². The number of aliphatic hydroxyl groups excluding tert-OH is 1. The lowest BCUT2D eigenvalue weighted by atomic mass is 9.83. The van der Waals surface area contributed by atoms with Crippen LogP contribution in [0.2, 0.25) is 0 Å². The molecule has 1 aromatic rings. The Labute approximate surface area is 152 Å². The van der Waals surface area contributed by atoms with Crippen molar-refractivity contribution in [3.05, 3.63) is 23.5 Å². The predicted molar refractivity (Wildman–Crippen MR) is 94.4 cm³/mol. The molecule has 3 rings (SSSR count). The van der Waals surface area contributed by atoms with Crippen LogP contribution in [0.25, 0.3) is 0 Å². The average molecular weight is 372 g/mol. The lowest BCUT2D eigenvalue weighted by Crippen LogP contribution is -2.67. The SMILES string of the molecule is Cc1c(OC(F)(F)CO)ccc(N2CC(C)(C)N[C@@H]3CCCC[C@@H]32)c1F. The van der Waals surface area contributed by atoms with Crippen LogP contribution < -0.4 is 15.0 Å². The molecule has 0 radical (unpaired) electrons. The zero-order valence-electron chi connectivity index (χ0n) is 15.5. The third-order valence-corrected chi connectivity index (χ3v) is 5.34. The molecule has 0 bridgehead atoms. The first-order chi connectivity index (χ1) is 12.1. The highest BCUT2D eigenvalue weighted by Gasteiger charge is 2.41. The lowest BCUT2D eigenvalue weighted by molar-refractivity contribution is -0.201. The Kier molecular flexibility index (Phi) is 5.14. The van der Waals surface area contributed by atoms with Crippen LogP contribution in [0.4, 0.5) is 18.9 Å². The molecule has 2 N–H and O–H groups in total. The molecule has 1 aromatic carbocycles. The van der Waals surface area contributed by atoms with Crippen molar-refractivity contribution >= 4 is 5.69 Å². The molecular formula is C19H27F3N2O2. The van der Waals surface area contributed by atoms with E-state index in [4.69, 9.17) is 5.11 Å². The molecule has 146 valence electrons. The summed E-state index contributed by atoms with van der Waals surface area (Å²) >= 11 is 0. The first kappa shape index (κ1) is 19.3. The zero-order chi connectivity index (χ0) is 19.1. The second kappa shape index (κ2) is 6.93.